The number of nitrogens with one attached hydrogen (secondary N) is 1. The van der Waals surface area contributed by atoms with Gasteiger partial charge in [0.15, 0.2) is 0 Å². The van der Waals surface area contributed by atoms with Crippen molar-refractivity contribution in [2.45, 2.75) is 38.8 Å². The number of rotatable bonds is 5. The molecular weight excluding hydrogens is 304 g/mol. The maximum atomic E-state index is 12.8. The summed E-state index contributed by atoms with van der Waals surface area (Å²) >= 11 is 0. The van der Waals surface area contributed by atoms with Crippen LogP contribution in [-0.4, -0.2) is 39.0 Å². The number of aliphatic hydroxyl groups excluding tert-OH is 1. The molecule has 1 atom stereocenters. The maximum absolute atomic E-state index is 12.8. The summed E-state index contributed by atoms with van der Waals surface area (Å²) in [7, 11) is 0. The van der Waals surface area contributed by atoms with E-state index in [0.717, 1.165) is 12.8 Å². The van der Waals surface area contributed by atoms with Gasteiger partial charge in [-0.05, 0) is 37.8 Å². The van der Waals surface area contributed by atoms with Gasteiger partial charge in [0.05, 0.1) is 18.8 Å². The number of carbonyl (C=O) groups is 1. The SMILES string of the molecule is CC(C)n1nccc1NC(=O)N(CCO)C1CCc2ccccc21. The predicted octanol–water partition coefficient (Wildman–Crippen LogP) is 2.98. The molecule has 2 amide bonds. The summed E-state index contributed by atoms with van der Waals surface area (Å²) in [6.45, 7) is 4.28. The third kappa shape index (κ3) is 3.14. The van der Waals surface area contributed by atoms with Gasteiger partial charge in [-0.2, -0.15) is 5.10 Å². The Kier molecular flexibility index (Phi) is 4.85. The lowest BCUT2D eigenvalue weighted by Gasteiger charge is -2.29. The molecule has 0 spiro atoms. The van der Waals surface area contributed by atoms with Gasteiger partial charge in [0.1, 0.15) is 5.82 Å². The minimum absolute atomic E-state index is 0.00349. The maximum Gasteiger partial charge on any atom is 0.323 e. The number of anilines is 1. The van der Waals surface area contributed by atoms with Crippen molar-refractivity contribution in [1.29, 1.82) is 0 Å². The number of aromatic nitrogens is 2. The van der Waals surface area contributed by atoms with E-state index in [1.165, 1.54) is 11.1 Å². The lowest BCUT2D eigenvalue weighted by molar-refractivity contribution is 0.162. The molecule has 0 bridgehead atoms. The smallest absolute Gasteiger partial charge is 0.323 e. The fourth-order valence-corrected chi connectivity index (χ4v) is 3.37. The zero-order valence-electron chi connectivity index (χ0n) is 14.1. The molecular formula is C18H24N4O2. The first kappa shape index (κ1) is 16.5. The first-order valence-corrected chi connectivity index (χ1v) is 8.41. The molecule has 1 aromatic heterocycles. The second kappa shape index (κ2) is 7.05. The Balaban J connectivity index is 1.81. The minimum Gasteiger partial charge on any atom is -0.395 e. The standard InChI is InChI=1S/C18H24N4O2/c1-13(2)22-17(9-10-19-22)20-18(24)21(11-12-23)16-8-7-14-5-3-4-6-15(14)16/h3-6,9-10,13,16,23H,7-8,11-12H2,1-2H3,(H,20,24). The van der Waals surface area contributed by atoms with Crippen LogP contribution in [0.5, 0.6) is 0 Å². The molecule has 128 valence electrons. The third-order valence-electron chi connectivity index (χ3n) is 4.47. The summed E-state index contributed by atoms with van der Waals surface area (Å²) in [5.41, 5.74) is 2.46. The zero-order valence-corrected chi connectivity index (χ0v) is 14.1. The quantitative estimate of drug-likeness (QED) is 0.886. The Morgan fingerprint density at radius 3 is 2.96 bits per heavy atom. The highest BCUT2D eigenvalue weighted by Gasteiger charge is 2.31. The highest BCUT2D eigenvalue weighted by atomic mass is 16.3. The molecule has 6 nitrogen and oxygen atoms in total. The van der Waals surface area contributed by atoms with Crippen LogP contribution in [0.15, 0.2) is 36.5 Å². The van der Waals surface area contributed by atoms with Crippen LogP contribution in [-0.2, 0) is 6.42 Å². The molecule has 0 fully saturated rings. The molecule has 24 heavy (non-hydrogen) atoms. The number of fused-ring (bicyclic) bond motifs is 1. The topological polar surface area (TPSA) is 70.4 Å². The van der Waals surface area contributed by atoms with Crippen LogP contribution in [0, 0.1) is 0 Å². The van der Waals surface area contributed by atoms with Crippen molar-refractivity contribution in [2.24, 2.45) is 0 Å². The lowest BCUT2D eigenvalue weighted by atomic mass is 10.1. The second-order valence-corrected chi connectivity index (χ2v) is 6.36. The summed E-state index contributed by atoms with van der Waals surface area (Å²) in [6, 6.07) is 9.96. The van der Waals surface area contributed by atoms with E-state index in [2.05, 4.69) is 22.5 Å². The van der Waals surface area contributed by atoms with Gasteiger partial charge >= 0.3 is 6.03 Å². The van der Waals surface area contributed by atoms with Gasteiger partial charge < -0.3 is 10.0 Å². The Morgan fingerprint density at radius 2 is 2.21 bits per heavy atom. The largest absolute Gasteiger partial charge is 0.395 e. The molecule has 1 aliphatic carbocycles. The van der Waals surface area contributed by atoms with Crippen molar-refractivity contribution in [2.75, 3.05) is 18.5 Å². The number of benzene rings is 1. The fraction of sp³-hybridized carbons (Fsp3) is 0.444. The molecule has 0 aliphatic heterocycles. The molecule has 2 N–H and O–H groups in total. The van der Waals surface area contributed by atoms with E-state index in [1.807, 2.05) is 26.0 Å². The minimum atomic E-state index is -0.201. The van der Waals surface area contributed by atoms with Crippen LogP contribution in [0.4, 0.5) is 10.6 Å². The van der Waals surface area contributed by atoms with Gasteiger partial charge in [-0.3, -0.25) is 5.32 Å². The molecule has 0 radical (unpaired) electrons. The zero-order chi connectivity index (χ0) is 17.1. The normalized spacial score (nSPS) is 16.2. The van der Waals surface area contributed by atoms with Gasteiger partial charge in [-0.1, -0.05) is 24.3 Å². The summed E-state index contributed by atoms with van der Waals surface area (Å²) < 4.78 is 1.78. The molecule has 1 aliphatic rings. The average molecular weight is 328 g/mol. The predicted molar refractivity (Wildman–Crippen MR) is 92.9 cm³/mol. The van der Waals surface area contributed by atoms with E-state index in [0.29, 0.717) is 12.4 Å². The third-order valence-corrected chi connectivity index (χ3v) is 4.47. The molecule has 2 aromatic rings. The molecule has 0 saturated carbocycles. The van der Waals surface area contributed by atoms with Gasteiger partial charge in [0, 0.05) is 18.7 Å². The van der Waals surface area contributed by atoms with E-state index in [9.17, 15) is 9.90 Å². The van der Waals surface area contributed by atoms with Crippen LogP contribution < -0.4 is 5.32 Å². The van der Waals surface area contributed by atoms with Crippen LogP contribution in [0.3, 0.4) is 0 Å². The Labute approximate surface area is 142 Å². The number of nitrogens with zero attached hydrogens (tertiary/aromatic N) is 3. The van der Waals surface area contributed by atoms with Gasteiger partial charge in [0.25, 0.3) is 0 Å². The van der Waals surface area contributed by atoms with Gasteiger partial charge in [-0.25, -0.2) is 9.48 Å². The van der Waals surface area contributed by atoms with Crippen molar-refractivity contribution in [1.82, 2.24) is 14.7 Å². The Hall–Kier alpha value is -2.34. The molecule has 3 rings (SSSR count). The molecule has 1 aromatic carbocycles. The number of hydrogen-bond donors (Lipinski definition) is 2. The van der Waals surface area contributed by atoms with Crippen molar-refractivity contribution in [3.05, 3.63) is 47.7 Å². The molecule has 0 saturated heterocycles. The second-order valence-electron chi connectivity index (χ2n) is 6.36. The lowest BCUT2D eigenvalue weighted by Crippen LogP contribution is -2.39. The number of amides is 2. The summed E-state index contributed by atoms with van der Waals surface area (Å²) in [6.07, 6.45) is 3.52. The van der Waals surface area contributed by atoms with Gasteiger partial charge in [0.2, 0.25) is 0 Å². The van der Waals surface area contributed by atoms with E-state index in [-0.39, 0.29) is 24.7 Å². The van der Waals surface area contributed by atoms with E-state index in [4.69, 9.17) is 0 Å². The van der Waals surface area contributed by atoms with Crippen LogP contribution in [0.2, 0.25) is 0 Å². The monoisotopic (exact) mass is 328 g/mol. The first-order chi connectivity index (χ1) is 11.6. The average Bonchev–Trinajstić information content (AvgIpc) is 3.19. The molecule has 1 heterocycles. The number of aryl methyl sites for hydroxylation is 1. The van der Waals surface area contributed by atoms with E-state index >= 15 is 0 Å². The summed E-state index contributed by atoms with van der Waals surface area (Å²) in [5.74, 6) is 0.671. The Morgan fingerprint density at radius 1 is 1.42 bits per heavy atom. The van der Waals surface area contributed by atoms with Gasteiger partial charge in [-0.15, -0.1) is 0 Å². The van der Waals surface area contributed by atoms with Crippen molar-refractivity contribution < 1.29 is 9.90 Å². The van der Waals surface area contributed by atoms with Crippen LogP contribution in [0.1, 0.15) is 43.5 Å². The number of aliphatic hydroxyl groups is 1. The fourth-order valence-electron chi connectivity index (χ4n) is 3.37. The van der Waals surface area contributed by atoms with E-state index in [1.54, 1.807) is 21.8 Å². The highest BCUT2D eigenvalue weighted by Crippen LogP contribution is 2.35. The van der Waals surface area contributed by atoms with Crippen molar-refractivity contribution in [3.63, 3.8) is 0 Å². The Bertz CT molecular complexity index is 711. The highest BCUT2D eigenvalue weighted by molar-refractivity contribution is 5.88. The summed E-state index contributed by atoms with van der Waals surface area (Å²) in [4.78, 5) is 14.6. The summed E-state index contributed by atoms with van der Waals surface area (Å²) in [5, 5.41) is 16.6. The molecule has 1 unspecified atom stereocenters. The number of hydrogen-bond acceptors (Lipinski definition) is 3. The van der Waals surface area contributed by atoms with Crippen molar-refractivity contribution in [3.8, 4) is 0 Å². The number of urea groups is 1. The van der Waals surface area contributed by atoms with Crippen LogP contribution in [0.25, 0.3) is 0 Å². The number of carbonyl (C=O) groups excluding carboxylic acids is 1. The van der Waals surface area contributed by atoms with Crippen LogP contribution >= 0.6 is 0 Å². The molecule has 6 heteroatoms. The first-order valence-electron chi connectivity index (χ1n) is 8.41. The van der Waals surface area contributed by atoms with E-state index < -0.39 is 0 Å². The van der Waals surface area contributed by atoms with Crippen molar-refractivity contribution >= 4 is 11.8 Å².